The van der Waals surface area contributed by atoms with Crippen molar-refractivity contribution in [2.24, 2.45) is 0 Å². The van der Waals surface area contributed by atoms with Gasteiger partial charge in [0.25, 0.3) is 5.91 Å². The number of carbonyl (C=O) groups excluding carboxylic acids is 1. The van der Waals surface area contributed by atoms with E-state index in [0.29, 0.717) is 17.2 Å². The van der Waals surface area contributed by atoms with E-state index in [9.17, 15) is 9.18 Å². The van der Waals surface area contributed by atoms with Gasteiger partial charge in [0.1, 0.15) is 16.5 Å². The van der Waals surface area contributed by atoms with Crippen molar-refractivity contribution >= 4 is 42.1 Å². The van der Waals surface area contributed by atoms with Gasteiger partial charge in [-0.3, -0.25) is 4.79 Å². The van der Waals surface area contributed by atoms with Crippen LogP contribution in [0.25, 0.3) is 10.6 Å². The molecule has 4 nitrogen and oxygen atoms in total. The summed E-state index contributed by atoms with van der Waals surface area (Å²) < 4.78 is 12.9. The van der Waals surface area contributed by atoms with Gasteiger partial charge in [-0.1, -0.05) is 0 Å². The van der Waals surface area contributed by atoms with Gasteiger partial charge in [0.15, 0.2) is 0 Å². The molecule has 0 saturated carbocycles. The molecule has 22 heavy (non-hydrogen) atoms. The predicted octanol–water partition coefficient (Wildman–Crippen LogP) is 3.13. The number of likely N-dealkylation sites (N-methyl/N-ethyl adjacent to an activating group) is 1. The van der Waals surface area contributed by atoms with Crippen LogP contribution in [0.4, 0.5) is 4.39 Å². The maximum atomic E-state index is 12.9. The van der Waals surface area contributed by atoms with E-state index >= 15 is 0 Å². The Morgan fingerprint density at radius 3 is 2.55 bits per heavy atom. The quantitative estimate of drug-likeness (QED) is 0.855. The van der Waals surface area contributed by atoms with Crippen LogP contribution in [0.5, 0.6) is 0 Å². The van der Waals surface area contributed by atoms with Gasteiger partial charge in [-0.2, -0.15) is 0 Å². The van der Waals surface area contributed by atoms with Crippen LogP contribution in [0.15, 0.2) is 29.6 Å². The van der Waals surface area contributed by atoms with Crippen LogP contribution in [-0.4, -0.2) is 30.5 Å². The van der Waals surface area contributed by atoms with Gasteiger partial charge in [-0.25, -0.2) is 9.37 Å². The van der Waals surface area contributed by atoms with Gasteiger partial charge < -0.3 is 10.6 Å². The van der Waals surface area contributed by atoms with Crippen molar-refractivity contribution in [3.05, 3.63) is 41.2 Å². The summed E-state index contributed by atoms with van der Waals surface area (Å²) in [5, 5.41) is 8.26. The summed E-state index contributed by atoms with van der Waals surface area (Å²) in [4.78, 5) is 16.2. The van der Waals surface area contributed by atoms with Crippen molar-refractivity contribution in [2.45, 2.75) is 13.0 Å². The van der Waals surface area contributed by atoms with Crippen molar-refractivity contribution in [2.75, 3.05) is 13.6 Å². The Morgan fingerprint density at radius 1 is 1.32 bits per heavy atom. The fourth-order valence-electron chi connectivity index (χ4n) is 1.54. The van der Waals surface area contributed by atoms with Crippen LogP contribution in [0.1, 0.15) is 17.4 Å². The molecule has 122 valence electrons. The van der Waals surface area contributed by atoms with E-state index in [1.807, 2.05) is 14.0 Å². The Bertz CT molecular complexity index is 592. The molecule has 0 spiro atoms. The molecule has 1 amide bonds. The van der Waals surface area contributed by atoms with Crippen LogP contribution < -0.4 is 10.6 Å². The average Bonchev–Trinajstić information content (AvgIpc) is 2.95. The number of rotatable bonds is 5. The summed E-state index contributed by atoms with van der Waals surface area (Å²) in [6.07, 6.45) is 0. The summed E-state index contributed by atoms with van der Waals surface area (Å²) >= 11 is 1.37. The third kappa shape index (κ3) is 5.53. The topological polar surface area (TPSA) is 54.0 Å². The number of nitrogens with one attached hydrogen (secondary N) is 2. The molecule has 0 aliphatic carbocycles. The molecular weight excluding hydrogens is 348 g/mol. The fourth-order valence-corrected chi connectivity index (χ4v) is 2.35. The number of benzene rings is 1. The lowest BCUT2D eigenvalue weighted by molar-refractivity contribution is 0.0946. The minimum absolute atomic E-state index is 0. The predicted molar refractivity (Wildman–Crippen MR) is 92.9 cm³/mol. The Labute approximate surface area is 145 Å². The van der Waals surface area contributed by atoms with Gasteiger partial charge in [0.05, 0.1) is 0 Å². The van der Waals surface area contributed by atoms with Gasteiger partial charge in [-0.15, -0.1) is 36.2 Å². The summed E-state index contributed by atoms with van der Waals surface area (Å²) in [6, 6.07) is 6.27. The van der Waals surface area contributed by atoms with Gasteiger partial charge in [-0.05, 0) is 38.2 Å². The van der Waals surface area contributed by atoms with E-state index in [4.69, 9.17) is 0 Å². The van der Waals surface area contributed by atoms with Crippen LogP contribution >= 0.6 is 36.2 Å². The van der Waals surface area contributed by atoms with Crippen molar-refractivity contribution in [3.8, 4) is 10.6 Å². The summed E-state index contributed by atoms with van der Waals surface area (Å²) in [6.45, 7) is 2.52. The number of hydrogen-bond donors (Lipinski definition) is 2. The van der Waals surface area contributed by atoms with Crippen LogP contribution in [0.3, 0.4) is 0 Å². The standard InChI is InChI=1S/C14H16FN3OS.2ClH/c1-9(16-2)7-17-13(19)12-8-20-14(18-12)10-3-5-11(15)6-4-10;;/h3-6,8-9,16H,7H2,1-2H3,(H,17,19);2*1H. The zero-order chi connectivity index (χ0) is 14.5. The van der Waals surface area contributed by atoms with E-state index < -0.39 is 0 Å². The molecular formula is C14H18Cl2FN3OS. The lowest BCUT2D eigenvalue weighted by atomic mass is 10.2. The number of halogens is 3. The highest BCUT2D eigenvalue weighted by Gasteiger charge is 2.12. The molecule has 1 heterocycles. The molecule has 0 aliphatic heterocycles. The maximum Gasteiger partial charge on any atom is 0.270 e. The van der Waals surface area contributed by atoms with E-state index in [-0.39, 0.29) is 42.6 Å². The summed E-state index contributed by atoms with van der Waals surface area (Å²) in [5.74, 6) is -0.485. The lowest BCUT2D eigenvalue weighted by Gasteiger charge is -2.10. The second-order valence-corrected chi connectivity index (χ2v) is 5.30. The van der Waals surface area contributed by atoms with Crippen LogP contribution in [0.2, 0.25) is 0 Å². The Morgan fingerprint density at radius 2 is 1.95 bits per heavy atom. The highest BCUT2D eigenvalue weighted by Crippen LogP contribution is 2.23. The van der Waals surface area contributed by atoms with Gasteiger partial charge in [0, 0.05) is 23.5 Å². The van der Waals surface area contributed by atoms with Gasteiger partial charge >= 0.3 is 0 Å². The third-order valence-corrected chi connectivity index (χ3v) is 3.78. The Balaban J connectivity index is 0.00000220. The third-order valence-electron chi connectivity index (χ3n) is 2.89. The van der Waals surface area contributed by atoms with Crippen molar-refractivity contribution in [1.29, 1.82) is 0 Å². The monoisotopic (exact) mass is 365 g/mol. The SMILES string of the molecule is CNC(C)CNC(=O)c1csc(-c2ccc(F)cc2)n1.Cl.Cl. The number of carbonyl (C=O) groups is 1. The molecule has 1 unspecified atom stereocenters. The molecule has 0 saturated heterocycles. The number of aromatic nitrogens is 1. The van der Waals surface area contributed by atoms with E-state index in [1.165, 1.54) is 23.5 Å². The first-order chi connectivity index (χ1) is 9.60. The first-order valence-corrected chi connectivity index (χ1v) is 7.15. The second kappa shape index (κ2) is 9.74. The molecule has 2 N–H and O–H groups in total. The van der Waals surface area contributed by atoms with Crippen LogP contribution in [0, 0.1) is 5.82 Å². The maximum absolute atomic E-state index is 12.9. The van der Waals surface area contributed by atoms with E-state index in [2.05, 4.69) is 15.6 Å². The molecule has 8 heteroatoms. The number of amides is 1. The molecule has 0 aliphatic rings. The minimum atomic E-state index is -0.288. The van der Waals surface area contributed by atoms with Crippen molar-refractivity contribution < 1.29 is 9.18 Å². The second-order valence-electron chi connectivity index (χ2n) is 4.44. The highest BCUT2D eigenvalue weighted by molar-refractivity contribution is 7.13. The molecule has 1 aromatic heterocycles. The summed E-state index contributed by atoms with van der Waals surface area (Å²) in [7, 11) is 1.84. The Hall–Kier alpha value is -1.21. The van der Waals surface area contributed by atoms with E-state index in [0.717, 1.165) is 5.56 Å². The molecule has 0 bridgehead atoms. The summed E-state index contributed by atoms with van der Waals surface area (Å²) in [5.41, 5.74) is 1.19. The van der Waals surface area contributed by atoms with E-state index in [1.54, 1.807) is 17.5 Å². The average molecular weight is 366 g/mol. The Kier molecular flexibility index (Phi) is 9.20. The zero-order valence-corrected chi connectivity index (χ0v) is 14.6. The molecule has 1 aromatic carbocycles. The molecule has 2 aromatic rings. The molecule has 0 radical (unpaired) electrons. The highest BCUT2D eigenvalue weighted by atomic mass is 35.5. The number of nitrogens with zero attached hydrogens (tertiary/aromatic N) is 1. The van der Waals surface area contributed by atoms with Crippen LogP contribution in [-0.2, 0) is 0 Å². The largest absolute Gasteiger partial charge is 0.349 e. The molecule has 1 atom stereocenters. The lowest BCUT2D eigenvalue weighted by Crippen LogP contribution is -2.37. The van der Waals surface area contributed by atoms with Gasteiger partial charge in [0.2, 0.25) is 0 Å². The zero-order valence-electron chi connectivity index (χ0n) is 12.1. The first-order valence-electron chi connectivity index (χ1n) is 6.27. The minimum Gasteiger partial charge on any atom is -0.349 e. The molecule has 0 fully saturated rings. The van der Waals surface area contributed by atoms with Crippen molar-refractivity contribution in [3.63, 3.8) is 0 Å². The number of hydrogen-bond acceptors (Lipinski definition) is 4. The molecule has 2 rings (SSSR count). The first kappa shape index (κ1) is 20.8. The number of thiazole rings is 1. The fraction of sp³-hybridized carbons (Fsp3) is 0.286. The van der Waals surface area contributed by atoms with Crippen molar-refractivity contribution in [1.82, 2.24) is 15.6 Å². The smallest absolute Gasteiger partial charge is 0.270 e. The normalized spacial score (nSPS) is 11.0.